The normalized spacial score (nSPS) is 22.3. The van der Waals surface area contributed by atoms with Gasteiger partial charge in [0.2, 0.25) is 0 Å². The van der Waals surface area contributed by atoms with Crippen LogP contribution in [-0.2, 0) is 4.74 Å². The number of hydrogen-bond acceptors (Lipinski definition) is 3. The van der Waals surface area contributed by atoms with Crippen LogP contribution in [0.2, 0.25) is 0 Å². The molecule has 2 aromatic rings. The minimum atomic E-state index is -0.504. The first-order valence-corrected chi connectivity index (χ1v) is 10.3. The Labute approximate surface area is 163 Å². The van der Waals surface area contributed by atoms with Gasteiger partial charge in [-0.15, -0.1) is 0 Å². The molecule has 146 valence electrons. The molecule has 1 aliphatic carbocycles. The van der Waals surface area contributed by atoms with Crippen molar-refractivity contribution in [1.29, 1.82) is 0 Å². The summed E-state index contributed by atoms with van der Waals surface area (Å²) in [6, 6.07) is 19.2. The maximum atomic E-state index is 10.5. The average molecular weight is 368 g/mol. The van der Waals surface area contributed by atoms with Crippen LogP contribution in [0.5, 0.6) is 0 Å². The fourth-order valence-electron chi connectivity index (χ4n) is 3.93. The molecule has 0 aromatic heterocycles. The quantitative estimate of drug-likeness (QED) is 0.715. The standard InChI is InChI=1S/C24H33NO2/c1-18-12-14-21(15-13-18)24(20-9-4-3-5-10-20)27-17-22(26)16-25-23-11-7-6-8-19(23)2/h3-5,9-10,12-15,19,22-26H,6-8,11,16-17H2,1-2H3/t19-,22-,23+,24-/m1/s1. The number of benzene rings is 2. The van der Waals surface area contributed by atoms with E-state index in [0.717, 1.165) is 11.1 Å². The minimum Gasteiger partial charge on any atom is -0.389 e. The lowest BCUT2D eigenvalue weighted by Gasteiger charge is -2.30. The van der Waals surface area contributed by atoms with E-state index in [1.807, 2.05) is 18.2 Å². The lowest BCUT2D eigenvalue weighted by atomic mass is 9.86. The maximum Gasteiger partial charge on any atom is 0.108 e. The third-order valence-electron chi connectivity index (χ3n) is 5.66. The molecule has 3 rings (SSSR count). The van der Waals surface area contributed by atoms with Crippen molar-refractivity contribution < 1.29 is 9.84 Å². The Hall–Kier alpha value is -1.68. The van der Waals surface area contributed by atoms with Crippen molar-refractivity contribution in [1.82, 2.24) is 5.32 Å². The highest BCUT2D eigenvalue weighted by Gasteiger charge is 2.22. The molecule has 0 saturated heterocycles. The van der Waals surface area contributed by atoms with Crippen LogP contribution in [0.25, 0.3) is 0 Å². The third kappa shape index (κ3) is 5.90. The first kappa shape index (κ1) is 20.1. The van der Waals surface area contributed by atoms with E-state index in [1.54, 1.807) is 0 Å². The Morgan fingerprint density at radius 1 is 1.00 bits per heavy atom. The predicted octanol–water partition coefficient (Wildman–Crippen LogP) is 4.63. The van der Waals surface area contributed by atoms with E-state index in [2.05, 4.69) is 55.6 Å². The van der Waals surface area contributed by atoms with Gasteiger partial charge in [-0.2, -0.15) is 0 Å². The molecule has 0 bridgehead atoms. The molecule has 0 amide bonds. The van der Waals surface area contributed by atoms with Crippen molar-refractivity contribution in [2.45, 2.75) is 57.8 Å². The molecular formula is C24H33NO2. The zero-order valence-corrected chi connectivity index (χ0v) is 16.6. The number of aryl methyl sites for hydroxylation is 1. The highest BCUT2D eigenvalue weighted by molar-refractivity contribution is 5.31. The first-order valence-electron chi connectivity index (χ1n) is 10.3. The molecule has 1 fully saturated rings. The summed E-state index contributed by atoms with van der Waals surface area (Å²) < 4.78 is 6.19. The minimum absolute atomic E-state index is 0.157. The molecule has 0 unspecified atom stereocenters. The van der Waals surface area contributed by atoms with Gasteiger partial charge >= 0.3 is 0 Å². The summed E-state index contributed by atoms with van der Waals surface area (Å²) in [6.45, 7) is 5.30. The molecule has 0 aliphatic heterocycles. The molecule has 4 atom stereocenters. The van der Waals surface area contributed by atoms with E-state index in [1.165, 1.54) is 31.2 Å². The lowest BCUT2D eigenvalue weighted by molar-refractivity contribution is 0.00447. The topological polar surface area (TPSA) is 41.5 Å². The van der Waals surface area contributed by atoms with Gasteiger partial charge in [-0.3, -0.25) is 0 Å². The monoisotopic (exact) mass is 367 g/mol. The fraction of sp³-hybridized carbons (Fsp3) is 0.500. The Kier molecular flexibility index (Phi) is 7.45. The number of aliphatic hydroxyl groups is 1. The Bertz CT molecular complexity index is 671. The van der Waals surface area contributed by atoms with Crippen LogP contribution in [0, 0.1) is 12.8 Å². The van der Waals surface area contributed by atoms with Gasteiger partial charge in [0.1, 0.15) is 6.10 Å². The van der Waals surface area contributed by atoms with Crippen LogP contribution in [0.3, 0.4) is 0 Å². The second kappa shape index (κ2) is 10.0. The summed E-state index contributed by atoms with van der Waals surface area (Å²) in [5, 5.41) is 14.0. The van der Waals surface area contributed by atoms with E-state index in [9.17, 15) is 5.11 Å². The van der Waals surface area contributed by atoms with Gasteiger partial charge < -0.3 is 15.2 Å². The highest BCUT2D eigenvalue weighted by atomic mass is 16.5. The van der Waals surface area contributed by atoms with Crippen LogP contribution in [0.1, 0.15) is 55.4 Å². The van der Waals surface area contributed by atoms with Crippen LogP contribution < -0.4 is 5.32 Å². The van der Waals surface area contributed by atoms with Crippen molar-refractivity contribution in [3.63, 3.8) is 0 Å². The maximum absolute atomic E-state index is 10.5. The average Bonchev–Trinajstić information content (AvgIpc) is 2.69. The number of rotatable bonds is 8. The van der Waals surface area contributed by atoms with Crippen molar-refractivity contribution in [3.8, 4) is 0 Å². The molecular weight excluding hydrogens is 334 g/mol. The number of hydrogen-bond donors (Lipinski definition) is 2. The smallest absolute Gasteiger partial charge is 0.108 e. The highest BCUT2D eigenvalue weighted by Crippen LogP contribution is 2.27. The molecule has 27 heavy (non-hydrogen) atoms. The summed E-state index contributed by atoms with van der Waals surface area (Å²) >= 11 is 0. The zero-order chi connectivity index (χ0) is 19.1. The van der Waals surface area contributed by atoms with Crippen LogP contribution >= 0.6 is 0 Å². The Morgan fingerprint density at radius 3 is 2.37 bits per heavy atom. The molecule has 1 aliphatic rings. The first-order chi connectivity index (χ1) is 13.1. The van der Waals surface area contributed by atoms with E-state index in [-0.39, 0.29) is 6.10 Å². The van der Waals surface area contributed by atoms with E-state index >= 15 is 0 Å². The van der Waals surface area contributed by atoms with Crippen molar-refractivity contribution in [2.24, 2.45) is 5.92 Å². The van der Waals surface area contributed by atoms with Gasteiger partial charge in [0.05, 0.1) is 12.7 Å². The van der Waals surface area contributed by atoms with Crippen molar-refractivity contribution >= 4 is 0 Å². The van der Waals surface area contributed by atoms with E-state index in [0.29, 0.717) is 25.1 Å². The van der Waals surface area contributed by atoms with Gasteiger partial charge in [-0.25, -0.2) is 0 Å². The second-order valence-electron chi connectivity index (χ2n) is 7.97. The number of aliphatic hydroxyl groups excluding tert-OH is 1. The van der Waals surface area contributed by atoms with Crippen molar-refractivity contribution in [3.05, 3.63) is 71.3 Å². The molecule has 3 nitrogen and oxygen atoms in total. The van der Waals surface area contributed by atoms with Crippen molar-refractivity contribution in [2.75, 3.05) is 13.2 Å². The third-order valence-corrected chi connectivity index (χ3v) is 5.66. The molecule has 2 N–H and O–H groups in total. The molecule has 0 spiro atoms. The summed E-state index contributed by atoms with van der Waals surface area (Å²) in [5.74, 6) is 0.691. The molecule has 1 saturated carbocycles. The molecule has 3 heteroatoms. The van der Waals surface area contributed by atoms with Gasteiger partial charge in [0.25, 0.3) is 0 Å². The van der Waals surface area contributed by atoms with Gasteiger partial charge in [-0.1, -0.05) is 79.9 Å². The predicted molar refractivity (Wildman–Crippen MR) is 111 cm³/mol. The van der Waals surface area contributed by atoms with Gasteiger partial charge in [0.15, 0.2) is 0 Å². The Balaban J connectivity index is 1.58. The van der Waals surface area contributed by atoms with Gasteiger partial charge in [0, 0.05) is 12.6 Å². The summed E-state index contributed by atoms with van der Waals surface area (Å²) in [6.07, 6.45) is 4.46. The van der Waals surface area contributed by atoms with Crippen LogP contribution in [-0.4, -0.2) is 30.4 Å². The van der Waals surface area contributed by atoms with E-state index < -0.39 is 6.10 Å². The summed E-state index contributed by atoms with van der Waals surface area (Å²) in [5.41, 5.74) is 3.46. The fourth-order valence-corrected chi connectivity index (χ4v) is 3.93. The SMILES string of the molecule is Cc1ccc([C@H](OC[C@H](O)CN[C@H]2CCCC[C@H]2C)c2ccccc2)cc1. The molecule has 2 aromatic carbocycles. The largest absolute Gasteiger partial charge is 0.389 e. The molecule has 0 radical (unpaired) electrons. The summed E-state index contributed by atoms with van der Waals surface area (Å²) in [4.78, 5) is 0. The molecule has 0 heterocycles. The lowest BCUT2D eigenvalue weighted by Crippen LogP contribution is -2.42. The Morgan fingerprint density at radius 2 is 1.67 bits per heavy atom. The summed E-state index contributed by atoms with van der Waals surface area (Å²) in [7, 11) is 0. The number of ether oxygens (including phenoxy) is 1. The second-order valence-corrected chi connectivity index (χ2v) is 7.97. The van der Waals surface area contributed by atoms with Crippen LogP contribution in [0.15, 0.2) is 54.6 Å². The zero-order valence-electron chi connectivity index (χ0n) is 16.6. The van der Waals surface area contributed by atoms with Gasteiger partial charge in [-0.05, 0) is 36.8 Å². The number of nitrogens with one attached hydrogen (secondary N) is 1. The van der Waals surface area contributed by atoms with Crippen LogP contribution in [0.4, 0.5) is 0 Å². The van der Waals surface area contributed by atoms with E-state index in [4.69, 9.17) is 4.74 Å².